The van der Waals surface area contributed by atoms with Gasteiger partial charge in [-0.05, 0) is 61.1 Å². The molecule has 0 saturated carbocycles. The van der Waals surface area contributed by atoms with Crippen molar-refractivity contribution in [3.8, 4) is 5.75 Å². The van der Waals surface area contributed by atoms with Gasteiger partial charge in [-0.1, -0.05) is 54.6 Å². The van der Waals surface area contributed by atoms with Crippen LogP contribution in [0.15, 0.2) is 83.8 Å². The van der Waals surface area contributed by atoms with Crippen LogP contribution in [0.1, 0.15) is 24.0 Å². The van der Waals surface area contributed by atoms with E-state index in [0.717, 1.165) is 19.3 Å². The molecule has 1 unspecified atom stereocenters. The van der Waals surface area contributed by atoms with Gasteiger partial charge in [-0.25, -0.2) is 8.42 Å². The highest BCUT2D eigenvalue weighted by atomic mass is 32.2. The Morgan fingerprint density at radius 3 is 2.24 bits per heavy atom. The van der Waals surface area contributed by atoms with E-state index in [1.165, 1.54) is 29.8 Å². The number of aliphatic carboxylic acids is 1. The number of benzene rings is 3. The summed E-state index contributed by atoms with van der Waals surface area (Å²) in [7, 11) is -3.97. The van der Waals surface area contributed by atoms with Crippen molar-refractivity contribution in [3.63, 3.8) is 0 Å². The monoisotopic (exact) mass is 524 g/mol. The number of aryl methyl sites for hydroxylation is 1. The normalized spacial score (nSPS) is 12.0. The maximum absolute atomic E-state index is 13.1. The van der Waals surface area contributed by atoms with Gasteiger partial charge in [-0.2, -0.15) is 4.72 Å². The number of carboxylic acids is 1. The molecule has 196 valence electrons. The number of anilines is 1. The smallest absolute Gasteiger partial charge is 0.241 e. The standard InChI is InChI=1S/C27H31N3O6S/c28-23-17-21(14-15-25(23)36-19-26(31)32)18-24(30-37(34,35)22-12-5-2-6-13-22)27(33)29-16-8-7-11-20-9-3-1-4-10-20/h1-6,9-10,12-15,17,24,30H,7-8,11,16,18-19,28H2,(H,29,33)(H,31,32)/p-1. The third kappa shape index (κ3) is 8.93. The molecule has 3 rings (SSSR count). The van der Waals surface area contributed by atoms with E-state index < -0.39 is 34.5 Å². The van der Waals surface area contributed by atoms with E-state index in [0.29, 0.717) is 12.1 Å². The van der Waals surface area contributed by atoms with Crippen molar-refractivity contribution in [2.45, 2.75) is 36.6 Å². The number of hydrogen-bond acceptors (Lipinski definition) is 7. The van der Waals surface area contributed by atoms with E-state index in [1.807, 2.05) is 30.3 Å². The minimum absolute atomic E-state index is 0.0207. The minimum Gasteiger partial charge on any atom is -0.546 e. The van der Waals surface area contributed by atoms with Crippen LogP contribution in [0.4, 0.5) is 5.69 Å². The predicted octanol–water partition coefficient (Wildman–Crippen LogP) is 1.43. The first kappa shape index (κ1) is 27.7. The van der Waals surface area contributed by atoms with Crippen LogP contribution in [0, 0.1) is 0 Å². The molecule has 3 aromatic rings. The number of nitrogens with two attached hydrogens (primary N) is 1. The van der Waals surface area contributed by atoms with E-state index in [2.05, 4.69) is 10.0 Å². The Balaban J connectivity index is 1.67. The van der Waals surface area contributed by atoms with E-state index >= 15 is 0 Å². The minimum atomic E-state index is -3.97. The zero-order valence-electron chi connectivity index (χ0n) is 20.3. The number of unbranched alkanes of at least 4 members (excludes halogenated alkanes) is 1. The second kappa shape index (κ2) is 13.4. The molecule has 0 aromatic heterocycles. The third-order valence-electron chi connectivity index (χ3n) is 5.56. The topological polar surface area (TPSA) is 151 Å². The Bertz CT molecular complexity index is 1280. The molecule has 0 aliphatic rings. The molecule has 0 spiro atoms. The summed E-state index contributed by atoms with van der Waals surface area (Å²) in [4.78, 5) is 23.7. The fourth-order valence-corrected chi connectivity index (χ4v) is 4.92. The Kier molecular flexibility index (Phi) is 10.0. The van der Waals surface area contributed by atoms with Gasteiger partial charge in [0, 0.05) is 6.54 Å². The average Bonchev–Trinajstić information content (AvgIpc) is 2.88. The number of amides is 1. The number of hydrogen-bond donors (Lipinski definition) is 3. The Hall–Kier alpha value is -3.89. The number of nitrogen functional groups attached to an aromatic ring is 1. The first-order valence-electron chi connectivity index (χ1n) is 11.8. The average molecular weight is 525 g/mol. The van der Waals surface area contributed by atoms with Crippen LogP contribution in [0.3, 0.4) is 0 Å². The van der Waals surface area contributed by atoms with Crippen LogP contribution in [0.2, 0.25) is 0 Å². The highest BCUT2D eigenvalue weighted by Crippen LogP contribution is 2.23. The maximum Gasteiger partial charge on any atom is 0.241 e. The molecule has 1 atom stereocenters. The molecule has 0 heterocycles. The fraction of sp³-hybridized carbons (Fsp3) is 0.259. The maximum atomic E-state index is 13.1. The first-order valence-corrected chi connectivity index (χ1v) is 13.3. The lowest BCUT2D eigenvalue weighted by Crippen LogP contribution is -2.48. The molecular weight excluding hydrogens is 494 g/mol. The summed E-state index contributed by atoms with van der Waals surface area (Å²) in [6.07, 6.45) is 2.50. The first-order chi connectivity index (χ1) is 17.7. The van der Waals surface area contributed by atoms with E-state index in [1.54, 1.807) is 24.3 Å². The third-order valence-corrected chi connectivity index (χ3v) is 7.05. The molecule has 10 heteroatoms. The molecular formula is C27H30N3O6S-. The highest BCUT2D eigenvalue weighted by molar-refractivity contribution is 7.89. The zero-order valence-corrected chi connectivity index (χ0v) is 21.1. The van der Waals surface area contributed by atoms with Crippen molar-refractivity contribution in [1.29, 1.82) is 0 Å². The van der Waals surface area contributed by atoms with Gasteiger partial charge in [-0.15, -0.1) is 0 Å². The number of sulfonamides is 1. The SMILES string of the molecule is Nc1cc(CC(NS(=O)(=O)c2ccccc2)C(=O)NCCCCc2ccccc2)ccc1OCC(=O)[O-]. The summed E-state index contributed by atoms with van der Waals surface area (Å²) in [6, 6.07) is 21.3. The quantitative estimate of drug-likeness (QED) is 0.213. The molecule has 0 fully saturated rings. The molecule has 4 N–H and O–H groups in total. The van der Waals surface area contributed by atoms with Crippen molar-refractivity contribution in [3.05, 3.63) is 90.0 Å². The predicted molar refractivity (Wildman–Crippen MR) is 138 cm³/mol. The Morgan fingerprint density at radius 1 is 0.919 bits per heavy atom. The van der Waals surface area contributed by atoms with E-state index in [4.69, 9.17) is 10.5 Å². The van der Waals surface area contributed by atoms with E-state index in [9.17, 15) is 23.1 Å². The van der Waals surface area contributed by atoms with Crippen molar-refractivity contribution < 1.29 is 27.9 Å². The molecule has 0 radical (unpaired) electrons. The van der Waals surface area contributed by atoms with Gasteiger partial charge in [0.2, 0.25) is 15.9 Å². The summed E-state index contributed by atoms with van der Waals surface area (Å²) >= 11 is 0. The van der Waals surface area contributed by atoms with Gasteiger partial charge in [-0.3, -0.25) is 4.79 Å². The highest BCUT2D eigenvalue weighted by Gasteiger charge is 2.26. The van der Waals surface area contributed by atoms with Crippen LogP contribution in [0.25, 0.3) is 0 Å². The summed E-state index contributed by atoms with van der Waals surface area (Å²) in [5, 5.41) is 13.5. The second-order valence-electron chi connectivity index (χ2n) is 8.46. The van der Waals surface area contributed by atoms with Crippen molar-refractivity contribution in [1.82, 2.24) is 10.0 Å². The molecule has 37 heavy (non-hydrogen) atoms. The lowest BCUT2D eigenvalue weighted by Gasteiger charge is -2.19. The molecule has 0 aliphatic heterocycles. The van der Waals surface area contributed by atoms with Gasteiger partial charge in [0.15, 0.2) is 0 Å². The number of carbonyl (C=O) groups excluding carboxylic acids is 2. The van der Waals surface area contributed by atoms with E-state index in [-0.39, 0.29) is 22.8 Å². The molecule has 3 aromatic carbocycles. The zero-order chi connectivity index (χ0) is 26.7. The van der Waals surface area contributed by atoms with Crippen LogP contribution in [0.5, 0.6) is 5.75 Å². The number of nitrogens with one attached hydrogen (secondary N) is 2. The van der Waals surface area contributed by atoms with Crippen LogP contribution in [-0.2, 0) is 32.5 Å². The van der Waals surface area contributed by atoms with Gasteiger partial charge < -0.3 is 25.7 Å². The van der Waals surface area contributed by atoms with Crippen LogP contribution in [-0.4, -0.2) is 39.5 Å². The van der Waals surface area contributed by atoms with Crippen molar-refractivity contribution >= 4 is 27.6 Å². The van der Waals surface area contributed by atoms with Crippen molar-refractivity contribution in [2.75, 3.05) is 18.9 Å². The molecule has 0 aliphatic carbocycles. The Morgan fingerprint density at radius 2 is 1.59 bits per heavy atom. The van der Waals surface area contributed by atoms with Gasteiger partial charge in [0.05, 0.1) is 16.6 Å². The number of ether oxygens (including phenoxy) is 1. The van der Waals surface area contributed by atoms with Crippen LogP contribution >= 0.6 is 0 Å². The van der Waals surface area contributed by atoms with Gasteiger partial charge in [0.1, 0.15) is 18.4 Å². The number of carboxylic acid groups (broad SMARTS) is 1. The van der Waals surface area contributed by atoms with Crippen LogP contribution < -0.4 is 25.6 Å². The van der Waals surface area contributed by atoms with Gasteiger partial charge in [0.25, 0.3) is 0 Å². The number of carbonyl (C=O) groups is 2. The fourth-order valence-electron chi connectivity index (χ4n) is 3.71. The summed E-state index contributed by atoms with van der Waals surface area (Å²) in [5.41, 5.74) is 7.90. The summed E-state index contributed by atoms with van der Waals surface area (Å²) in [5.74, 6) is -1.70. The molecule has 1 amide bonds. The molecule has 0 bridgehead atoms. The largest absolute Gasteiger partial charge is 0.546 e. The van der Waals surface area contributed by atoms with Gasteiger partial charge >= 0.3 is 0 Å². The summed E-state index contributed by atoms with van der Waals surface area (Å²) in [6.45, 7) is -0.261. The second-order valence-corrected chi connectivity index (χ2v) is 10.2. The molecule has 9 nitrogen and oxygen atoms in total. The Labute approximate surface area is 216 Å². The lowest BCUT2D eigenvalue weighted by molar-refractivity contribution is -0.307. The number of rotatable bonds is 14. The summed E-state index contributed by atoms with van der Waals surface area (Å²) < 4.78 is 33.5. The molecule has 0 saturated heterocycles. The lowest BCUT2D eigenvalue weighted by atomic mass is 10.0. The van der Waals surface area contributed by atoms with Crippen molar-refractivity contribution in [2.24, 2.45) is 0 Å².